The first-order valence-electron chi connectivity index (χ1n) is 11.0. The lowest BCUT2D eigenvalue weighted by atomic mass is 10.3. The van der Waals surface area contributed by atoms with Crippen LogP contribution in [0.3, 0.4) is 0 Å². The van der Waals surface area contributed by atoms with Crippen molar-refractivity contribution in [1.29, 1.82) is 0 Å². The summed E-state index contributed by atoms with van der Waals surface area (Å²) in [5.74, 6) is 0. The van der Waals surface area contributed by atoms with Crippen LogP contribution in [0.1, 0.15) is 26.7 Å². The summed E-state index contributed by atoms with van der Waals surface area (Å²) in [6, 6.07) is 0. The Balaban J connectivity index is 2.81. The Kier molecular flexibility index (Phi) is 10.5. The van der Waals surface area contributed by atoms with Gasteiger partial charge in [0.25, 0.3) is 0 Å². The fourth-order valence-electron chi connectivity index (χ4n) is 3.62. The second kappa shape index (κ2) is 11.0. The topological polar surface area (TPSA) is 55.4 Å². The van der Waals surface area contributed by atoms with Gasteiger partial charge in [0.2, 0.25) is 0 Å². The predicted octanol–water partition coefficient (Wildman–Crippen LogP) is 5.01. The van der Waals surface area contributed by atoms with Gasteiger partial charge in [-0.1, -0.05) is 13.3 Å². The normalized spacial score (nSPS) is 24.1. The molecule has 0 aromatic carbocycles. The standard InChI is InChI=1S/C19H46O6Si4/c1-12-13-14-20-17(2)15-21-18-16-22-19(18)29(11,24-27(6,7)8)25-28(9,10)23-26(3,4)5/h17-19H,12-16H2,1-11H3. The molecular weight excluding hydrogens is 437 g/mol. The summed E-state index contributed by atoms with van der Waals surface area (Å²) in [7, 11) is -8.58. The van der Waals surface area contributed by atoms with Crippen molar-refractivity contribution in [2.24, 2.45) is 0 Å². The van der Waals surface area contributed by atoms with Crippen LogP contribution in [-0.4, -0.2) is 71.5 Å². The Bertz CT molecular complexity index is 494. The monoisotopic (exact) mass is 482 g/mol. The smallest absolute Gasteiger partial charge is 0.348 e. The summed E-state index contributed by atoms with van der Waals surface area (Å²) in [6.45, 7) is 25.8. The molecule has 0 N–H and O–H groups in total. The minimum atomic E-state index is -2.67. The zero-order chi connectivity index (χ0) is 22.5. The number of rotatable bonds is 14. The summed E-state index contributed by atoms with van der Waals surface area (Å²) in [4.78, 5) is 0. The van der Waals surface area contributed by atoms with E-state index in [1.54, 1.807) is 0 Å². The Hall–Kier alpha value is 0.628. The van der Waals surface area contributed by atoms with E-state index in [0.717, 1.165) is 19.4 Å². The number of unbranched alkanes of at least 4 members (excludes halogenated alkanes) is 1. The van der Waals surface area contributed by atoms with Gasteiger partial charge >= 0.3 is 17.1 Å². The maximum absolute atomic E-state index is 6.76. The fraction of sp³-hybridized carbons (Fsp3) is 1.00. The highest BCUT2D eigenvalue weighted by Crippen LogP contribution is 2.33. The van der Waals surface area contributed by atoms with Gasteiger partial charge in [0.05, 0.1) is 19.3 Å². The number of hydrogen-bond donors (Lipinski definition) is 0. The molecule has 1 aliphatic rings. The molecule has 1 saturated heterocycles. The summed E-state index contributed by atoms with van der Waals surface area (Å²) < 4.78 is 37.9. The quantitative estimate of drug-likeness (QED) is 0.256. The van der Waals surface area contributed by atoms with E-state index in [4.69, 9.17) is 26.6 Å². The van der Waals surface area contributed by atoms with E-state index in [2.05, 4.69) is 72.8 Å². The average molecular weight is 483 g/mol. The molecule has 10 heteroatoms. The molecular formula is C19H46O6Si4. The molecule has 1 fully saturated rings. The second-order valence-electron chi connectivity index (χ2n) is 10.6. The molecule has 1 rings (SSSR count). The van der Waals surface area contributed by atoms with Crippen molar-refractivity contribution in [2.45, 2.75) is 104 Å². The molecule has 174 valence electrons. The summed E-state index contributed by atoms with van der Waals surface area (Å²) in [5.41, 5.74) is -0.130. The first-order chi connectivity index (χ1) is 13.1. The highest BCUT2D eigenvalue weighted by atomic mass is 28.5. The molecule has 29 heavy (non-hydrogen) atoms. The molecule has 0 aromatic rings. The maximum Gasteiger partial charge on any atom is 0.348 e. The predicted molar refractivity (Wildman–Crippen MR) is 129 cm³/mol. The lowest BCUT2D eigenvalue weighted by Crippen LogP contribution is -2.70. The van der Waals surface area contributed by atoms with Crippen molar-refractivity contribution >= 4 is 33.8 Å². The highest BCUT2D eigenvalue weighted by molar-refractivity contribution is 6.90. The van der Waals surface area contributed by atoms with Crippen LogP contribution in [0.15, 0.2) is 0 Å². The number of ether oxygens (including phenoxy) is 3. The van der Waals surface area contributed by atoms with Gasteiger partial charge in [-0.15, -0.1) is 0 Å². The molecule has 4 atom stereocenters. The first kappa shape index (κ1) is 27.7. The Morgan fingerprint density at radius 1 is 0.897 bits per heavy atom. The van der Waals surface area contributed by atoms with E-state index in [1.165, 1.54) is 0 Å². The van der Waals surface area contributed by atoms with Crippen LogP contribution in [0.4, 0.5) is 0 Å². The Morgan fingerprint density at radius 2 is 1.48 bits per heavy atom. The first-order valence-corrected chi connectivity index (χ1v) is 23.0. The van der Waals surface area contributed by atoms with Crippen molar-refractivity contribution in [2.75, 3.05) is 19.8 Å². The van der Waals surface area contributed by atoms with E-state index >= 15 is 0 Å². The van der Waals surface area contributed by atoms with E-state index in [9.17, 15) is 0 Å². The highest BCUT2D eigenvalue weighted by Gasteiger charge is 2.57. The van der Waals surface area contributed by atoms with Crippen molar-refractivity contribution in [3.63, 3.8) is 0 Å². The number of hydrogen-bond acceptors (Lipinski definition) is 6. The molecule has 0 saturated carbocycles. The van der Waals surface area contributed by atoms with Crippen LogP contribution in [0.25, 0.3) is 0 Å². The van der Waals surface area contributed by atoms with Gasteiger partial charge in [0, 0.05) is 6.61 Å². The van der Waals surface area contributed by atoms with Gasteiger partial charge in [-0.3, -0.25) is 0 Å². The molecule has 0 aromatic heterocycles. The molecule has 1 aliphatic heterocycles. The van der Waals surface area contributed by atoms with Gasteiger partial charge in [-0.2, -0.15) is 0 Å². The third-order valence-corrected chi connectivity index (χ3v) is 17.9. The van der Waals surface area contributed by atoms with Gasteiger partial charge in [-0.05, 0) is 72.3 Å². The lowest BCUT2D eigenvalue weighted by molar-refractivity contribution is -0.178. The molecule has 6 nitrogen and oxygen atoms in total. The van der Waals surface area contributed by atoms with E-state index < -0.39 is 33.8 Å². The zero-order valence-corrected chi connectivity index (χ0v) is 24.7. The van der Waals surface area contributed by atoms with Crippen molar-refractivity contribution in [3.8, 4) is 0 Å². The van der Waals surface area contributed by atoms with E-state index in [-0.39, 0.29) is 17.9 Å². The largest absolute Gasteiger partial charge is 0.437 e. The van der Waals surface area contributed by atoms with Crippen LogP contribution in [0.2, 0.25) is 58.9 Å². The van der Waals surface area contributed by atoms with Crippen LogP contribution in [0.5, 0.6) is 0 Å². The molecule has 4 unspecified atom stereocenters. The summed E-state index contributed by atoms with van der Waals surface area (Å²) >= 11 is 0. The van der Waals surface area contributed by atoms with Gasteiger partial charge in [-0.25, -0.2) is 0 Å². The van der Waals surface area contributed by atoms with Crippen LogP contribution in [-0.2, 0) is 26.6 Å². The summed E-state index contributed by atoms with van der Waals surface area (Å²) in [5, 5.41) is 0. The third kappa shape index (κ3) is 10.7. The second-order valence-corrected chi connectivity index (χ2v) is 26.9. The van der Waals surface area contributed by atoms with Crippen LogP contribution in [0, 0.1) is 0 Å². The molecule has 0 radical (unpaired) electrons. The minimum Gasteiger partial charge on any atom is -0.437 e. The Labute approximate surface area is 183 Å². The van der Waals surface area contributed by atoms with E-state index in [1.807, 2.05) is 0 Å². The van der Waals surface area contributed by atoms with Crippen molar-refractivity contribution in [1.82, 2.24) is 0 Å². The third-order valence-electron chi connectivity index (χ3n) is 4.25. The lowest BCUT2D eigenvalue weighted by Gasteiger charge is -2.50. The van der Waals surface area contributed by atoms with Crippen LogP contribution < -0.4 is 0 Å². The van der Waals surface area contributed by atoms with Crippen LogP contribution >= 0.6 is 0 Å². The average Bonchev–Trinajstić information content (AvgIpc) is 2.40. The summed E-state index contributed by atoms with van der Waals surface area (Å²) in [6.07, 6.45) is 2.30. The molecule has 0 bridgehead atoms. The fourth-order valence-corrected chi connectivity index (χ4v) is 21.6. The SMILES string of the molecule is CCCCOC(C)COC1COC1[Si](C)(O[Si](C)(C)C)O[Si](C)(C)O[Si](C)(C)C. The molecule has 1 heterocycles. The Morgan fingerprint density at radius 3 is 1.93 bits per heavy atom. The molecule has 0 amide bonds. The van der Waals surface area contributed by atoms with Gasteiger partial charge < -0.3 is 26.6 Å². The van der Waals surface area contributed by atoms with Gasteiger partial charge in [0.15, 0.2) is 16.6 Å². The van der Waals surface area contributed by atoms with Crippen molar-refractivity contribution < 1.29 is 26.6 Å². The van der Waals surface area contributed by atoms with E-state index in [0.29, 0.717) is 13.2 Å². The van der Waals surface area contributed by atoms with Crippen molar-refractivity contribution in [3.05, 3.63) is 0 Å². The molecule has 0 spiro atoms. The minimum absolute atomic E-state index is 0.00285. The van der Waals surface area contributed by atoms with Gasteiger partial charge in [0.1, 0.15) is 11.8 Å². The maximum atomic E-state index is 6.76. The zero-order valence-electron chi connectivity index (χ0n) is 20.7. The molecule has 0 aliphatic carbocycles.